The van der Waals surface area contributed by atoms with Crippen molar-refractivity contribution in [3.8, 4) is 0 Å². The van der Waals surface area contributed by atoms with E-state index in [0.717, 1.165) is 0 Å². The first-order valence-corrected chi connectivity index (χ1v) is 20.5. The fourth-order valence-electron chi connectivity index (χ4n) is 7.47. The van der Waals surface area contributed by atoms with E-state index in [4.69, 9.17) is 0 Å². The van der Waals surface area contributed by atoms with Gasteiger partial charge in [-0.05, 0) is 51.6 Å². The van der Waals surface area contributed by atoms with E-state index in [0.29, 0.717) is 11.0 Å². The summed E-state index contributed by atoms with van der Waals surface area (Å²) in [5.74, 6) is 0. The molecule has 260 valence electrons. The molecular formula is C42H87N. The van der Waals surface area contributed by atoms with Gasteiger partial charge in [0.05, 0.1) is 0 Å². The molecular weight excluding hydrogens is 518 g/mol. The van der Waals surface area contributed by atoms with Crippen LogP contribution < -0.4 is 0 Å². The summed E-state index contributed by atoms with van der Waals surface area (Å²) in [7, 11) is 0. The molecule has 0 unspecified atom stereocenters. The highest BCUT2D eigenvalue weighted by Crippen LogP contribution is 2.32. The normalized spacial score (nSPS) is 12.6. The monoisotopic (exact) mass is 606 g/mol. The first-order valence-electron chi connectivity index (χ1n) is 20.5. The smallest absolute Gasteiger partial charge is 0.0158 e. The van der Waals surface area contributed by atoms with Gasteiger partial charge in [-0.3, -0.25) is 4.90 Å². The third kappa shape index (κ3) is 31.7. The lowest BCUT2D eigenvalue weighted by atomic mass is 9.80. The van der Waals surface area contributed by atoms with Crippen molar-refractivity contribution in [1.82, 2.24) is 4.90 Å². The predicted octanol–water partition coefficient (Wildman–Crippen LogP) is 15.2. The summed E-state index contributed by atoms with van der Waals surface area (Å²) in [6, 6.07) is 0. The zero-order valence-electron chi connectivity index (χ0n) is 31.8. The summed E-state index contributed by atoms with van der Waals surface area (Å²) in [6.07, 6.45) is 44.9. The molecule has 0 saturated carbocycles. The molecule has 0 radical (unpaired) electrons. The van der Waals surface area contributed by atoms with Crippen molar-refractivity contribution in [1.29, 1.82) is 0 Å². The second kappa shape index (κ2) is 30.6. The van der Waals surface area contributed by atoms with Crippen LogP contribution >= 0.6 is 0 Å². The zero-order valence-corrected chi connectivity index (χ0v) is 31.8. The molecule has 0 aromatic rings. The van der Waals surface area contributed by atoms with Crippen LogP contribution in [0.1, 0.15) is 248 Å². The maximum absolute atomic E-state index is 2.88. The Morgan fingerprint density at radius 2 is 0.512 bits per heavy atom. The van der Waals surface area contributed by atoms with Crippen LogP contribution in [-0.4, -0.2) is 23.5 Å². The highest BCUT2D eigenvalue weighted by molar-refractivity contribution is 4.86. The van der Waals surface area contributed by atoms with Gasteiger partial charge in [-0.15, -0.1) is 0 Å². The maximum Gasteiger partial charge on any atom is 0.0158 e. The van der Waals surface area contributed by atoms with Crippen molar-refractivity contribution in [2.75, 3.05) is 13.1 Å². The minimum atomic E-state index is 0.310. The van der Waals surface area contributed by atoms with E-state index in [1.54, 1.807) is 0 Å². The molecule has 0 aliphatic rings. The quantitative estimate of drug-likeness (QED) is 0.0659. The Hall–Kier alpha value is -0.0400. The highest BCUT2D eigenvalue weighted by atomic mass is 15.2. The first-order chi connectivity index (χ1) is 20.7. The minimum absolute atomic E-state index is 0.310. The number of nitrogens with zero attached hydrogens (tertiary/aromatic N) is 1. The Bertz CT molecular complexity index is 495. The Balaban J connectivity index is 3.93. The van der Waals surface area contributed by atoms with Crippen molar-refractivity contribution < 1.29 is 0 Å². The molecule has 0 aliphatic heterocycles. The van der Waals surface area contributed by atoms with E-state index in [1.165, 1.54) is 212 Å². The molecule has 0 rings (SSSR count). The van der Waals surface area contributed by atoms with Crippen molar-refractivity contribution >= 4 is 0 Å². The van der Waals surface area contributed by atoms with Gasteiger partial charge in [0.15, 0.2) is 0 Å². The fraction of sp³-hybridized carbons (Fsp3) is 1.00. The third-order valence-electron chi connectivity index (χ3n) is 9.88. The minimum Gasteiger partial charge on any atom is -0.298 e. The lowest BCUT2D eigenvalue weighted by molar-refractivity contribution is 0.0730. The van der Waals surface area contributed by atoms with E-state index >= 15 is 0 Å². The molecule has 0 atom stereocenters. The van der Waals surface area contributed by atoms with Crippen LogP contribution in [0.3, 0.4) is 0 Å². The Morgan fingerprint density at radius 1 is 0.302 bits per heavy atom. The van der Waals surface area contributed by atoms with Crippen LogP contribution in [0, 0.1) is 5.41 Å². The summed E-state index contributed by atoms with van der Waals surface area (Å²) in [4.78, 5) is 2.88. The number of hydrogen-bond acceptors (Lipinski definition) is 1. The van der Waals surface area contributed by atoms with Gasteiger partial charge in [-0.1, -0.05) is 214 Å². The van der Waals surface area contributed by atoms with E-state index < -0.39 is 0 Å². The van der Waals surface area contributed by atoms with Gasteiger partial charge in [0, 0.05) is 5.54 Å². The molecule has 0 bridgehead atoms. The van der Waals surface area contributed by atoms with Crippen LogP contribution in [-0.2, 0) is 0 Å². The molecule has 0 aromatic carbocycles. The maximum atomic E-state index is 2.88. The van der Waals surface area contributed by atoms with E-state index in [2.05, 4.69) is 53.4 Å². The van der Waals surface area contributed by atoms with Crippen molar-refractivity contribution in [2.24, 2.45) is 5.41 Å². The van der Waals surface area contributed by atoms with E-state index in [-0.39, 0.29) is 0 Å². The molecule has 0 spiro atoms. The van der Waals surface area contributed by atoms with Crippen LogP contribution in [0.4, 0.5) is 0 Å². The molecule has 0 saturated heterocycles. The SMILES string of the molecule is CCCCCCCCCCCCCCCCCN(CCCCCCCCCCCCCCCCC)C(C)(C)CC(C)(C)C. The van der Waals surface area contributed by atoms with Crippen molar-refractivity contribution in [3.63, 3.8) is 0 Å². The largest absolute Gasteiger partial charge is 0.298 e. The highest BCUT2D eigenvalue weighted by Gasteiger charge is 2.30. The average Bonchev–Trinajstić information content (AvgIpc) is 2.94. The van der Waals surface area contributed by atoms with Crippen molar-refractivity contribution in [3.05, 3.63) is 0 Å². The van der Waals surface area contributed by atoms with Crippen molar-refractivity contribution in [2.45, 2.75) is 253 Å². The fourth-order valence-corrected chi connectivity index (χ4v) is 7.47. The van der Waals surface area contributed by atoms with E-state index in [9.17, 15) is 0 Å². The van der Waals surface area contributed by atoms with E-state index in [1.807, 2.05) is 0 Å². The molecule has 0 aliphatic carbocycles. The summed E-state index contributed by atoms with van der Waals surface area (Å²) in [5, 5.41) is 0. The van der Waals surface area contributed by atoms with Gasteiger partial charge in [-0.2, -0.15) is 0 Å². The van der Waals surface area contributed by atoms with Gasteiger partial charge in [-0.25, -0.2) is 0 Å². The summed E-state index contributed by atoms with van der Waals surface area (Å²) in [5.41, 5.74) is 0.704. The second-order valence-electron chi connectivity index (χ2n) is 16.4. The molecule has 0 heterocycles. The first kappa shape index (κ1) is 43.0. The molecule has 0 N–H and O–H groups in total. The van der Waals surface area contributed by atoms with Gasteiger partial charge >= 0.3 is 0 Å². The van der Waals surface area contributed by atoms with Crippen LogP contribution in [0.2, 0.25) is 0 Å². The molecule has 0 aromatic heterocycles. The van der Waals surface area contributed by atoms with Crippen LogP contribution in [0.15, 0.2) is 0 Å². The van der Waals surface area contributed by atoms with Crippen LogP contribution in [0.5, 0.6) is 0 Å². The number of unbranched alkanes of at least 4 members (excludes halogenated alkanes) is 28. The zero-order chi connectivity index (χ0) is 31.9. The second-order valence-corrected chi connectivity index (χ2v) is 16.4. The summed E-state index contributed by atoms with van der Waals surface area (Å²) in [6.45, 7) is 19.6. The molecule has 0 amide bonds. The lowest BCUT2D eigenvalue weighted by Crippen LogP contribution is -2.47. The van der Waals surface area contributed by atoms with Crippen LogP contribution in [0.25, 0.3) is 0 Å². The predicted molar refractivity (Wildman–Crippen MR) is 200 cm³/mol. The standard InChI is InChI=1S/C42H87N/c1-8-10-12-14-16-18-20-22-24-26-28-30-32-34-36-38-43(42(6,7)40-41(3,4)5)39-37-35-33-31-29-27-25-23-21-19-17-15-13-11-9-2/h8-40H2,1-7H3. The molecule has 1 heteroatoms. The van der Waals surface area contributed by atoms with Gasteiger partial charge in [0.1, 0.15) is 0 Å². The average molecular weight is 606 g/mol. The number of rotatable bonds is 34. The lowest BCUT2D eigenvalue weighted by Gasteiger charge is -2.43. The topological polar surface area (TPSA) is 3.24 Å². The Kier molecular flexibility index (Phi) is 30.6. The Morgan fingerprint density at radius 3 is 0.721 bits per heavy atom. The summed E-state index contributed by atoms with van der Waals surface area (Å²) >= 11 is 0. The van der Waals surface area contributed by atoms with Gasteiger partial charge < -0.3 is 0 Å². The third-order valence-corrected chi connectivity index (χ3v) is 9.88. The Labute approximate surface area is 275 Å². The van der Waals surface area contributed by atoms with Gasteiger partial charge in [0.2, 0.25) is 0 Å². The molecule has 1 nitrogen and oxygen atoms in total. The number of hydrogen-bond donors (Lipinski definition) is 0. The van der Waals surface area contributed by atoms with Gasteiger partial charge in [0.25, 0.3) is 0 Å². The molecule has 43 heavy (non-hydrogen) atoms. The molecule has 0 fully saturated rings. The summed E-state index contributed by atoms with van der Waals surface area (Å²) < 4.78 is 0.